The van der Waals surface area contributed by atoms with Gasteiger partial charge in [-0.2, -0.15) is 0 Å². The van der Waals surface area contributed by atoms with E-state index in [1.54, 1.807) is 0 Å². The Balaban J connectivity index is 1.18. The molecule has 0 N–H and O–H groups in total. The van der Waals surface area contributed by atoms with Crippen LogP contribution >= 0.6 is 0 Å². The molecule has 254 valence electrons. The van der Waals surface area contributed by atoms with E-state index in [0.717, 1.165) is 17.1 Å². The number of hydrogen-bond acceptors (Lipinski definition) is 1. The maximum Gasteiger partial charge on any atom is 0.140 e. The first kappa shape index (κ1) is 29.5. The Morgan fingerprint density at radius 3 is 1.38 bits per heavy atom. The summed E-state index contributed by atoms with van der Waals surface area (Å²) < 4.78 is 7.28. The molecule has 0 amide bonds. The number of benzene rings is 9. The van der Waals surface area contributed by atoms with Gasteiger partial charge in [-0.05, 0) is 89.2 Å². The predicted octanol–water partition coefficient (Wildman–Crippen LogP) is 13.3. The van der Waals surface area contributed by atoms with Crippen LogP contribution in [-0.4, -0.2) is 0 Å². The highest BCUT2D eigenvalue weighted by Gasteiger charge is 2.55. The Bertz CT molecular complexity index is 3090. The minimum Gasteiger partial charge on any atom is -0.456 e. The maximum absolute atomic E-state index is 7.28. The molecule has 0 saturated heterocycles. The van der Waals surface area contributed by atoms with Crippen molar-refractivity contribution in [1.29, 1.82) is 0 Å². The molecule has 1 nitrogen and oxygen atoms in total. The molecular weight excluding hydrogens is 665 g/mol. The smallest absolute Gasteiger partial charge is 0.140 e. The van der Waals surface area contributed by atoms with Crippen molar-refractivity contribution in [3.05, 3.63) is 239 Å². The van der Waals surface area contributed by atoms with E-state index in [1.165, 1.54) is 94.2 Å². The van der Waals surface area contributed by atoms with Crippen LogP contribution in [0.1, 0.15) is 44.5 Å². The monoisotopic (exact) mass is 696 g/mol. The molecule has 0 radical (unpaired) electrons. The van der Waals surface area contributed by atoms with Crippen molar-refractivity contribution >= 4 is 10.8 Å². The summed E-state index contributed by atoms with van der Waals surface area (Å²) in [5, 5.41) is 2.56. The number of ether oxygens (including phenoxy) is 1. The molecule has 0 saturated carbocycles. The molecule has 0 aromatic heterocycles. The molecule has 9 aromatic rings. The fourth-order valence-corrected chi connectivity index (χ4v) is 11.3. The van der Waals surface area contributed by atoms with E-state index in [2.05, 4.69) is 194 Å². The van der Waals surface area contributed by atoms with Crippen LogP contribution in [0.2, 0.25) is 0 Å². The fourth-order valence-electron chi connectivity index (χ4n) is 11.3. The molecule has 1 unspecified atom stereocenters. The van der Waals surface area contributed by atoms with E-state index in [4.69, 9.17) is 4.74 Å². The summed E-state index contributed by atoms with van der Waals surface area (Å²) >= 11 is 0. The molecule has 1 heterocycles. The maximum atomic E-state index is 7.28. The van der Waals surface area contributed by atoms with Crippen LogP contribution in [0.3, 0.4) is 0 Å². The van der Waals surface area contributed by atoms with Crippen molar-refractivity contribution in [3.63, 3.8) is 0 Å². The van der Waals surface area contributed by atoms with Gasteiger partial charge in [0.15, 0.2) is 0 Å². The Labute approximate surface area is 319 Å². The number of hydrogen-bond donors (Lipinski definition) is 0. The second-order valence-corrected chi connectivity index (χ2v) is 15.4. The lowest BCUT2D eigenvalue weighted by atomic mass is 9.65. The van der Waals surface area contributed by atoms with E-state index < -0.39 is 10.8 Å². The summed E-state index contributed by atoms with van der Waals surface area (Å²) in [6.07, 6.45) is 0. The third-order valence-corrected chi connectivity index (χ3v) is 13.2. The Morgan fingerprint density at radius 1 is 0.273 bits per heavy atom. The molecule has 4 aliphatic rings. The summed E-state index contributed by atoms with van der Waals surface area (Å²) in [6, 6.07) is 72.3. The van der Waals surface area contributed by atoms with Crippen molar-refractivity contribution in [1.82, 2.24) is 0 Å². The summed E-state index contributed by atoms with van der Waals surface area (Å²) in [5.41, 5.74) is 19.4. The van der Waals surface area contributed by atoms with Crippen molar-refractivity contribution in [3.8, 4) is 56.0 Å². The van der Waals surface area contributed by atoms with Gasteiger partial charge in [0.05, 0.1) is 10.8 Å². The first-order valence-electron chi connectivity index (χ1n) is 19.3. The third-order valence-electron chi connectivity index (χ3n) is 13.2. The molecule has 13 rings (SSSR count). The van der Waals surface area contributed by atoms with Crippen LogP contribution in [0, 0.1) is 0 Å². The highest BCUT2D eigenvalue weighted by molar-refractivity contribution is 6.06. The SMILES string of the molecule is c1ccc2c(c1)Oc1c(-c3cccc4c3C3(c5ccccc5-4)c4ccccc4-c4ccc5ccccc5c43)cccc1C21c2ccccc2-c2ccccc21. The number of para-hydroxylation sites is 2. The molecular formula is C54H32O. The Hall–Kier alpha value is -6.96. The highest BCUT2D eigenvalue weighted by atomic mass is 16.5. The normalized spacial score (nSPS) is 16.7. The van der Waals surface area contributed by atoms with E-state index in [0.29, 0.717) is 0 Å². The minimum atomic E-state index is -0.533. The van der Waals surface area contributed by atoms with Crippen molar-refractivity contribution in [2.24, 2.45) is 0 Å². The summed E-state index contributed by atoms with van der Waals surface area (Å²) in [6.45, 7) is 0. The molecule has 3 aliphatic carbocycles. The van der Waals surface area contributed by atoms with Crippen molar-refractivity contribution in [2.45, 2.75) is 10.8 Å². The van der Waals surface area contributed by atoms with Gasteiger partial charge >= 0.3 is 0 Å². The average molecular weight is 697 g/mol. The fraction of sp³-hybridized carbons (Fsp3) is 0.0370. The van der Waals surface area contributed by atoms with Gasteiger partial charge in [0.1, 0.15) is 11.5 Å². The van der Waals surface area contributed by atoms with Crippen LogP contribution < -0.4 is 4.74 Å². The molecule has 1 atom stereocenters. The topological polar surface area (TPSA) is 9.23 Å². The van der Waals surface area contributed by atoms with Gasteiger partial charge in [-0.1, -0.05) is 188 Å². The largest absolute Gasteiger partial charge is 0.456 e. The standard InChI is InChI=1S/C54H32O/c1-2-16-34-33(15-1)31-32-41-38-20-6-10-27-46(38)54(50(34)41)45-26-9-5-19-37(45)39-21-13-22-40(51(39)54)42-23-14-29-48-52(42)55-49-30-12-11-28-47(49)53(48)43-24-7-3-17-35(43)36-18-4-8-25-44(36)53/h1-32H. The van der Waals surface area contributed by atoms with Gasteiger partial charge in [-0.15, -0.1) is 0 Å². The molecule has 2 spiro atoms. The Kier molecular flexibility index (Phi) is 5.56. The second-order valence-electron chi connectivity index (χ2n) is 15.4. The van der Waals surface area contributed by atoms with Crippen molar-refractivity contribution < 1.29 is 4.74 Å². The van der Waals surface area contributed by atoms with Crippen molar-refractivity contribution in [2.75, 3.05) is 0 Å². The minimum absolute atomic E-state index is 0.533. The van der Waals surface area contributed by atoms with Crippen LogP contribution in [0.15, 0.2) is 194 Å². The molecule has 0 bridgehead atoms. The zero-order valence-corrected chi connectivity index (χ0v) is 29.9. The second kappa shape index (κ2) is 10.4. The number of rotatable bonds is 1. The first-order valence-corrected chi connectivity index (χ1v) is 19.3. The third kappa shape index (κ3) is 3.38. The lowest BCUT2D eigenvalue weighted by Crippen LogP contribution is -2.32. The van der Waals surface area contributed by atoms with Gasteiger partial charge < -0.3 is 4.74 Å². The summed E-state index contributed by atoms with van der Waals surface area (Å²) in [4.78, 5) is 0. The zero-order valence-electron chi connectivity index (χ0n) is 29.9. The molecule has 9 aromatic carbocycles. The molecule has 1 aliphatic heterocycles. The molecule has 55 heavy (non-hydrogen) atoms. The lowest BCUT2D eigenvalue weighted by molar-refractivity contribution is 0.438. The van der Waals surface area contributed by atoms with Gasteiger partial charge in [0.2, 0.25) is 0 Å². The average Bonchev–Trinajstić information content (AvgIpc) is 3.84. The van der Waals surface area contributed by atoms with E-state index >= 15 is 0 Å². The van der Waals surface area contributed by atoms with Gasteiger partial charge in [-0.25, -0.2) is 0 Å². The van der Waals surface area contributed by atoms with Crippen LogP contribution in [0.4, 0.5) is 0 Å². The van der Waals surface area contributed by atoms with Crippen LogP contribution in [-0.2, 0) is 10.8 Å². The first-order chi connectivity index (χ1) is 27.3. The quantitative estimate of drug-likeness (QED) is 0.166. The van der Waals surface area contributed by atoms with E-state index in [9.17, 15) is 0 Å². The van der Waals surface area contributed by atoms with Gasteiger partial charge in [0, 0.05) is 16.7 Å². The summed E-state index contributed by atoms with van der Waals surface area (Å²) in [5.74, 6) is 1.83. The van der Waals surface area contributed by atoms with E-state index in [1.807, 2.05) is 0 Å². The van der Waals surface area contributed by atoms with Gasteiger partial charge in [0.25, 0.3) is 0 Å². The molecule has 0 fully saturated rings. The number of fused-ring (bicyclic) bond motifs is 21. The van der Waals surface area contributed by atoms with Crippen LogP contribution in [0.25, 0.3) is 55.3 Å². The lowest BCUT2D eigenvalue weighted by Gasteiger charge is -2.40. The predicted molar refractivity (Wildman–Crippen MR) is 223 cm³/mol. The van der Waals surface area contributed by atoms with Crippen LogP contribution in [0.5, 0.6) is 11.5 Å². The zero-order chi connectivity index (χ0) is 35.9. The Morgan fingerprint density at radius 2 is 0.709 bits per heavy atom. The van der Waals surface area contributed by atoms with Gasteiger partial charge in [-0.3, -0.25) is 0 Å². The molecule has 1 heteroatoms. The summed E-state index contributed by atoms with van der Waals surface area (Å²) in [7, 11) is 0. The van der Waals surface area contributed by atoms with E-state index in [-0.39, 0.29) is 0 Å². The highest BCUT2D eigenvalue weighted by Crippen LogP contribution is 2.68.